The van der Waals surface area contributed by atoms with E-state index in [2.05, 4.69) is 27.7 Å². The van der Waals surface area contributed by atoms with E-state index in [9.17, 15) is 5.11 Å². The number of aliphatic hydroxyl groups is 1. The van der Waals surface area contributed by atoms with Crippen molar-refractivity contribution in [3.8, 4) is 0 Å². The number of rotatable bonds is 2. The van der Waals surface area contributed by atoms with Crippen LogP contribution in [0.25, 0.3) is 0 Å². The normalized spacial score (nSPS) is 51.0. The van der Waals surface area contributed by atoms with Crippen LogP contribution in [-0.4, -0.2) is 26.1 Å². The predicted octanol–water partition coefficient (Wildman–Crippen LogP) is 2.58. The van der Waals surface area contributed by atoms with Crippen LogP contribution in [-0.2, 0) is 0 Å². The molecule has 2 N–H and O–H groups in total. The summed E-state index contributed by atoms with van der Waals surface area (Å²) in [6.07, 6.45) is 7.39. The van der Waals surface area contributed by atoms with Crippen LogP contribution < -0.4 is 0 Å². The summed E-state index contributed by atoms with van der Waals surface area (Å²) in [5.41, 5.74) is 0.664. The number of nitrogens with zero attached hydrogens (tertiary/aromatic N) is 1. The molecule has 16 heavy (non-hydrogen) atoms. The molecule has 0 aliphatic heterocycles. The minimum absolute atomic E-state index is 0.0226. The Kier molecular flexibility index (Phi) is 2.52. The lowest BCUT2D eigenvalue weighted by Crippen LogP contribution is -2.56. The first-order valence-electron chi connectivity index (χ1n) is 6.10. The smallest absolute Gasteiger partial charge is 0.0886 e. The fourth-order valence-corrected chi connectivity index (χ4v) is 6.77. The molecule has 3 nitrogen and oxygen atoms in total. The highest BCUT2D eigenvalue weighted by molar-refractivity contribution is 14.1. The molecule has 4 bridgehead atoms. The minimum atomic E-state index is -0.0807. The average Bonchev–Trinajstić information content (AvgIpc) is 2.14. The molecule has 0 heterocycles. The number of aliphatic hydroxyl groups excluding tert-OH is 1. The maximum Gasteiger partial charge on any atom is 0.0886 e. The van der Waals surface area contributed by atoms with Crippen LogP contribution in [0.15, 0.2) is 5.16 Å². The summed E-state index contributed by atoms with van der Waals surface area (Å²) in [5.74, 6) is 1.59. The topological polar surface area (TPSA) is 52.8 Å². The number of hydrogen-bond donors (Lipinski definition) is 2. The summed E-state index contributed by atoms with van der Waals surface area (Å²) in [6, 6.07) is 0. The van der Waals surface area contributed by atoms with Gasteiger partial charge < -0.3 is 10.3 Å². The Balaban J connectivity index is 1.97. The minimum Gasteiger partial charge on any atom is -0.411 e. The molecule has 4 aliphatic rings. The second-order valence-corrected chi connectivity index (χ2v) is 8.39. The standard InChI is InChI=1S/C12H18INO2/c13-12-4-8-1-9(5-12)3-11(2-8,7-12)10(6-15)14-16/h8-9,15-16H,1-7H2/b14-10+. The first-order chi connectivity index (χ1) is 7.59. The zero-order valence-electron chi connectivity index (χ0n) is 9.32. The molecule has 4 rings (SSSR count). The van der Waals surface area contributed by atoms with E-state index in [1.807, 2.05) is 0 Å². The molecule has 2 unspecified atom stereocenters. The van der Waals surface area contributed by atoms with Crippen molar-refractivity contribution < 1.29 is 10.3 Å². The summed E-state index contributed by atoms with van der Waals surface area (Å²) in [7, 11) is 0. The Bertz CT molecular complexity index is 328. The number of hydrogen-bond acceptors (Lipinski definition) is 3. The molecule has 4 saturated carbocycles. The van der Waals surface area contributed by atoms with Crippen LogP contribution in [0.1, 0.15) is 38.5 Å². The third kappa shape index (κ3) is 1.52. The van der Waals surface area contributed by atoms with E-state index in [1.165, 1.54) is 19.3 Å². The lowest BCUT2D eigenvalue weighted by molar-refractivity contribution is 0.00710. The Labute approximate surface area is 109 Å². The molecular formula is C12H18INO2. The van der Waals surface area contributed by atoms with Gasteiger partial charge in [-0.05, 0) is 50.4 Å². The van der Waals surface area contributed by atoms with E-state index in [4.69, 9.17) is 5.21 Å². The molecule has 0 aromatic heterocycles. The van der Waals surface area contributed by atoms with E-state index in [-0.39, 0.29) is 12.0 Å². The van der Waals surface area contributed by atoms with Crippen molar-refractivity contribution >= 4 is 28.3 Å². The second kappa shape index (κ2) is 3.57. The molecule has 0 amide bonds. The molecule has 0 aromatic carbocycles. The van der Waals surface area contributed by atoms with Crippen LogP contribution >= 0.6 is 22.6 Å². The number of alkyl halides is 1. The van der Waals surface area contributed by atoms with E-state index >= 15 is 0 Å². The Morgan fingerprint density at radius 1 is 1.25 bits per heavy atom. The highest BCUT2D eigenvalue weighted by Gasteiger charge is 2.58. The quantitative estimate of drug-likeness (QED) is 0.268. The molecule has 0 radical (unpaired) electrons. The fraction of sp³-hybridized carbons (Fsp3) is 0.917. The zero-order chi connectivity index (χ0) is 11.4. The SMILES string of the molecule is OC/C(=N\O)C12CC3CC(CC(I)(C3)C1)C2. The van der Waals surface area contributed by atoms with Gasteiger partial charge in [-0.15, -0.1) is 0 Å². The molecule has 2 atom stereocenters. The van der Waals surface area contributed by atoms with Gasteiger partial charge in [0.1, 0.15) is 0 Å². The van der Waals surface area contributed by atoms with Crippen LogP contribution in [0.2, 0.25) is 0 Å². The van der Waals surface area contributed by atoms with E-state index in [0.29, 0.717) is 9.13 Å². The van der Waals surface area contributed by atoms with Gasteiger partial charge in [-0.25, -0.2) is 0 Å². The summed E-state index contributed by atoms with van der Waals surface area (Å²) >= 11 is 2.62. The van der Waals surface area contributed by atoms with Crippen molar-refractivity contribution in [2.45, 2.75) is 41.9 Å². The van der Waals surface area contributed by atoms with Crippen molar-refractivity contribution in [3.63, 3.8) is 0 Å². The van der Waals surface area contributed by atoms with Crippen molar-refractivity contribution in [2.24, 2.45) is 22.4 Å². The fourth-order valence-electron chi connectivity index (χ4n) is 4.79. The molecule has 4 aliphatic carbocycles. The molecule has 4 heteroatoms. The van der Waals surface area contributed by atoms with E-state index in [0.717, 1.165) is 31.1 Å². The third-order valence-electron chi connectivity index (χ3n) is 4.87. The largest absolute Gasteiger partial charge is 0.411 e. The first-order valence-corrected chi connectivity index (χ1v) is 7.18. The van der Waals surface area contributed by atoms with Crippen molar-refractivity contribution in [2.75, 3.05) is 6.61 Å². The summed E-state index contributed by atoms with van der Waals surface area (Å²) < 4.78 is 0.410. The van der Waals surface area contributed by atoms with E-state index < -0.39 is 0 Å². The lowest BCUT2D eigenvalue weighted by Gasteiger charge is -2.60. The molecular weight excluding hydrogens is 317 g/mol. The summed E-state index contributed by atoms with van der Waals surface area (Å²) in [4.78, 5) is 0. The Morgan fingerprint density at radius 2 is 1.88 bits per heavy atom. The highest BCUT2D eigenvalue weighted by Crippen LogP contribution is 2.64. The van der Waals surface area contributed by atoms with Crippen molar-refractivity contribution in [3.05, 3.63) is 0 Å². The molecule has 90 valence electrons. The van der Waals surface area contributed by atoms with Gasteiger partial charge in [-0.3, -0.25) is 0 Å². The average molecular weight is 335 g/mol. The highest BCUT2D eigenvalue weighted by atomic mass is 127. The first kappa shape index (κ1) is 11.3. The lowest BCUT2D eigenvalue weighted by atomic mass is 9.48. The van der Waals surface area contributed by atoms with Gasteiger partial charge in [0.05, 0.1) is 12.3 Å². The van der Waals surface area contributed by atoms with Gasteiger partial charge in [-0.1, -0.05) is 27.7 Å². The Morgan fingerprint density at radius 3 is 2.31 bits per heavy atom. The van der Waals surface area contributed by atoms with Gasteiger partial charge in [0.15, 0.2) is 0 Å². The molecule has 4 fully saturated rings. The van der Waals surface area contributed by atoms with Gasteiger partial charge in [-0.2, -0.15) is 0 Å². The molecule has 0 spiro atoms. The van der Waals surface area contributed by atoms with Crippen LogP contribution in [0, 0.1) is 17.3 Å². The van der Waals surface area contributed by atoms with Crippen LogP contribution in [0.4, 0.5) is 0 Å². The Hall–Kier alpha value is 0.160. The third-order valence-corrected chi connectivity index (χ3v) is 6.13. The van der Waals surface area contributed by atoms with Gasteiger partial charge in [0.2, 0.25) is 0 Å². The molecule has 0 aromatic rings. The summed E-state index contributed by atoms with van der Waals surface area (Å²) in [6.45, 7) is -0.0807. The van der Waals surface area contributed by atoms with Gasteiger partial charge in [0, 0.05) is 8.84 Å². The second-order valence-electron chi connectivity index (χ2n) is 6.10. The maximum atomic E-state index is 9.38. The van der Waals surface area contributed by atoms with Crippen LogP contribution in [0.3, 0.4) is 0 Å². The zero-order valence-corrected chi connectivity index (χ0v) is 11.5. The van der Waals surface area contributed by atoms with Gasteiger partial charge in [0.25, 0.3) is 0 Å². The number of oxime groups is 1. The maximum absolute atomic E-state index is 9.38. The monoisotopic (exact) mass is 335 g/mol. The van der Waals surface area contributed by atoms with Crippen molar-refractivity contribution in [1.82, 2.24) is 0 Å². The van der Waals surface area contributed by atoms with Gasteiger partial charge >= 0.3 is 0 Å². The van der Waals surface area contributed by atoms with E-state index in [1.54, 1.807) is 0 Å². The van der Waals surface area contributed by atoms with Crippen molar-refractivity contribution in [1.29, 1.82) is 0 Å². The van der Waals surface area contributed by atoms with Crippen LogP contribution in [0.5, 0.6) is 0 Å². The summed E-state index contributed by atoms with van der Waals surface area (Å²) in [5, 5.41) is 21.9. The predicted molar refractivity (Wildman–Crippen MR) is 70.2 cm³/mol. The number of halogens is 1. The molecule has 0 saturated heterocycles.